The predicted molar refractivity (Wildman–Crippen MR) is 120 cm³/mol. The van der Waals surface area contributed by atoms with E-state index in [2.05, 4.69) is 35.7 Å². The average molecular weight is 424 g/mol. The van der Waals surface area contributed by atoms with Gasteiger partial charge in [0.25, 0.3) is 0 Å². The standard InChI is InChI=1S/C22H29N7O2/c1-3-18-22(31)27-19-10-15(12-25-21(19)26-18)14-28-6-8-29(9-7-28)17-5-4-16(24-13-17)11-20(30)23-2/h4-5,10,12-13,18H,3,6-9,11,14H2,1-2H3,(H,23,30)(H,25,26)(H,27,31). The van der Waals surface area contributed by atoms with Gasteiger partial charge in [0, 0.05) is 51.7 Å². The highest BCUT2D eigenvalue weighted by molar-refractivity contribution is 6.02. The minimum Gasteiger partial charge on any atom is -0.368 e. The molecular weight excluding hydrogens is 394 g/mol. The van der Waals surface area contributed by atoms with Crippen molar-refractivity contribution in [2.45, 2.75) is 32.4 Å². The first kappa shape index (κ1) is 21.0. The summed E-state index contributed by atoms with van der Waals surface area (Å²) >= 11 is 0. The molecule has 2 aromatic rings. The molecule has 4 rings (SSSR count). The molecule has 3 N–H and O–H groups in total. The largest absolute Gasteiger partial charge is 0.368 e. The SMILES string of the molecule is CCC1Nc2ncc(CN3CCN(c4ccc(CC(=O)NC)nc4)CC3)cc2NC1=O. The number of carbonyl (C=O) groups excluding carboxylic acids is 2. The van der Waals surface area contributed by atoms with Crippen molar-refractivity contribution in [3.8, 4) is 0 Å². The van der Waals surface area contributed by atoms with Crippen LogP contribution in [0.4, 0.5) is 17.2 Å². The molecule has 0 aromatic carbocycles. The molecule has 9 heteroatoms. The molecule has 4 heterocycles. The third-order valence-corrected chi connectivity index (χ3v) is 5.81. The van der Waals surface area contributed by atoms with Crippen LogP contribution in [0.15, 0.2) is 30.6 Å². The number of rotatable bonds is 6. The first-order valence-corrected chi connectivity index (χ1v) is 10.7. The lowest BCUT2D eigenvalue weighted by atomic mass is 10.1. The fourth-order valence-electron chi connectivity index (χ4n) is 3.93. The van der Waals surface area contributed by atoms with Crippen molar-refractivity contribution < 1.29 is 9.59 Å². The number of likely N-dealkylation sites (N-methyl/N-ethyl adjacent to an activating group) is 1. The Labute approximate surface area is 182 Å². The Morgan fingerprint density at radius 3 is 2.68 bits per heavy atom. The van der Waals surface area contributed by atoms with E-state index in [4.69, 9.17) is 0 Å². The Kier molecular flexibility index (Phi) is 6.31. The van der Waals surface area contributed by atoms with Gasteiger partial charge in [-0.2, -0.15) is 0 Å². The third-order valence-electron chi connectivity index (χ3n) is 5.81. The summed E-state index contributed by atoms with van der Waals surface area (Å²) in [6.45, 7) is 6.45. The van der Waals surface area contributed by atoms with E-state index in [0.717, 1.165) is 67.6 Å². The number of carbonyl (C=O) groups is 2. The van der Waals surface area contributed by atoms with Gasteiger partial charge in [-0.05, 0) is 30.2 Å². The third kappa shape index (κ3) is 4.93. The lowest BCUT2D eigenvalue weighted by Crippen LogP contribution is -2.46. The lowest BCUT2D eigenvalue weighted by molar-refractivity contribution is -0.120. The van der Waals surface area contributed by atoms with Crippen LogP contribution in [0.3, 0.4) is 0 Å². The predicted octanol–water partition coefficient (Wildman–Crippen LogP) is 1.23. The summed E-state index contributed by atoms with van der Waals surface area (Å²) in [4.78, 5) is 37.2. The second-order valence-corrected chi connectivity index (χ2v) is 7.96. The van der Waals surface area contributed by atoms with Gasteiger partial charge in [-0.25, -0.2) is 4.98 Å². The van der Waals surface area contributed by atoms with E-state index in [9.17, 15) is 9.59 Å². The normalized spacial score (nSPS) is 18.7. The fourth-order valence-corrected chi connectivity index (χ4v) is 3.93. The molecule has 1 atom stereocenters. The van der Waals surface area contributed by atoms with Crippen molar-refractivity contribution in [2.75, 3.05) is 48.8 Å². The molecule has 0 saturated carbocycles. The summed E-state index contributed by atoms with van der Waals surface area (Å²) in [5.74, 6) is 0.705. The molecule has 2 aliphatic rings. The molecule has 164 valence electrons. The van der Waals surface area contributed by atoms with Gasteiger partial charge in [0.2, 0.25) is 11.8 Å². The van der Waals surface area contributed by atoms with Crippen LogP contribution in [0.5, 0.6) is 0 Å². The van der Waals surface area contributed by atoms with Crippen molar-refractivity contribution in [1.82, 2.24) is 20.2 Å². The van der Waals surface area contributed by atoms with Gasteiger partial charge in [-0.15, -0.1) is 0 Å². The van der Waals surface area contributed by atoms with E-state index < -0.39 is 0 Å². The second-order valence-electron chi connectivity index (χ2n) is 7.96. The Hall–Kier alpha value is -3.20. The Balaban J connectivity index is 1.31. The van der Waals surface area contributed by atoms with Crippen LogP contribution >= 0.6 is 0 Å². The summed E-state index contributed by atoms with van der Waals surface area (Å²) in [5, 5.41) is 8.78. The number of amides is 2. The number of nitrogens with zero attached hydrogens (tertiary/aromatic N) is 4. The van der Waals surface area contributed by atoms with Gasteiger partial charge >= 0.3 is 0 Å². The highest BCUT2D eigenvalue weighted by Crippen LogP contribution is 2.27. The number of pyridine rings is 2. The number of fused-ring (bicyclic) bond motifs is 1. The van der Waals surface area contributed by atoms with Gasteiger partial charge in [0.15, 0.2) is 0 Å². The molecule has 0 radical (unpaired) electrons. The van der Waals surface area contributed by atoms with Gasteiger partial charge in [-0.3, -0.25) is 19.5 Å². The number of piperazine rings is 1. The van der Waals surface area contributed by atoms with Crippen molar-refractivity contribution >= 4 is 29.0 Å². The fraction of sp³-hybridized carbons (Fsp3) is 0.455. The molecule has 0 spiro atoms. The topological polar surface area (TPSA) is 102 Å². The van der Waals surface area contributed by atoms with E-state index in [1.165, 1.54) is 0 Å². The summed E-state index contributed by atoms with van der Waals surface area (Å²) in [5.41, 5.74) is 3.70. The van der Waals surface area contributed by atoms with Gasteiger partial charge in [0.1, 0.15) is 11.9 Å². The second kappa shape index (κ2) is 9.30. The molecule has 2 amide bonds. The quantitative estimate of drug-likeness (QED) is 0.642. The van der Waals surface area contributed by atoms with Gasteiger partial charge < -0.3 is 20.9 Å². The van der Waals surface area contributed by atoms with Crippen LogP contribution in [-0.2, 0) is 22.6 Å². The molecule has 0 bridgehead atoms. The van der Waals surface area contributed by atoms with Crippen molar-refractivity contribution in [2.24, 2.45) is 0 Å². The number of hydrogen-bond donors (Lipinski definition) is 3. The van der Waals surface area contributed by atoms with E-state index in [1.54, 1.807) is 7.05 Å². The van der Waals surface area contributed by atoms with Crippen molar-refractivity contribution in [1.29, 1.82) is 0 Å². The molecule has 1 fully saturated rings. The molecule has 0 aliphatic carbocycles. The zero-order valence-electron chi connectivity index (χ0n) is 18.0. The summed E-state index contributed by atoms with van der Waals surface area (Å²) in [6.07, 6.45) is 4.76. The monoisotopic (exact) mass is 423 g/mol. The smallest absolute Gasteiger partial charge is 0.246 e. The van der Waals surface area contributed by atoms with Crippen molar-refractivity contribution in [3.05, 3.63) is 41.9 Å². The maximum absolute atomic E-state index is 12.1. The number of nitrogens with one attached hydrogen (secondary N) is 3. The van der Waals surface area contributed by atoms with Crippen molar-refractivity contribution in [3.63, 3.8) is 0 Å². The number of aromatic nitrogens is 2. The maximum atomic E-state index is 12.1. The Bertz CT molecular complexity index is 939. The van der Waals surface area contributed by atoms with Crippen LogP contribution in [0.2, 0.25) is 0 Å². The van der Waals surface area contributed by atoms with E-state index in [-0.39, 0.29) is 17.9 Å². The zero-order chi connectivity index (χ0) is 21.8. The average Bonchev–Trinajstić information content (AvgIpc) is 2.79. The molecule has 2 aliphatic heterocycles. The van der Waals surface area contributed by atoms with Crippen LogP contribution in [0.25, 0.3) is 0 Å². The summed E-state index contributed by atoms with van der Waals surface area (Å²) in [6, 6.07) is 5.75. The lowest BCUT2D eigenvalue weighted by Gasteiger charge is -2.36. The van der Waals surface area contributed by atoms with E-state index >= 15 is 0 Å². The molecular formula is C22H29N7O2. The Morgan fingerprint density at radius 2 is 2.00 bits per heavy atom. The first-order valence-electron chi connectivity index (χ1n) is 10.7. The summed E-state index contributed by atoms with van der Waals surface area (Å²) in [7, 11) is 1.63. The molecule has 9 nitrogen and oxygen atoms in total. The number of hydrogen-bond acceptors (Lipinski definition) is 7. The van der Waals surface area contributed by atoms with E-state index in [1.807, 2.05) is 37.5 Å². The van der Waals surface area contributed by atoms with Crippen LogP contribution in [0.1, 0.15) is 24.6 Å². The summed E-state index contributed by atoms with van der Waals surface area (Å²) < 4.78 is 0. The van der Waals surface area contributed by atoms with E-state index in [0.29, 0.717) is 6.42 Å². The Morgan fingerprint density at radius 1 is 1.19 bits per heavy atom. The number of anilines is 3. The highest BCUT2D eigenvalue weighted by Gasteiger charge is 2.25. The molecule has 1 saturated heterocycles. The molecule has 2 aromatic heterocycles. The first-order chi connectivity index (χ1) is 15.1. The van der Waals surface area contributed by atoms with Crippen LogP contribution in [-0.4, -0.2) is 66.0 Å². The van der Waals surface area contributed by atoms with Crippen LogP contribution < -0.4 is 20.9 Å². The minimum absolute atomic E-state index is 0.00230. The van der Waals surface area contributed by atoms with Crippen LogP contribution in [0, 0.1) is 0 Å². The van der Waals surface area contributed by atoms with Gasteiger partial charge in [-0.1, -0.05) is 6.92 Å². The van der Waals surface area contributed by atoms with Gasteiger partial charge in [0.05, 0.1) is 24.0 Å². The minimum atomic E-state index is -0.216. The highest BCUT2D eigenvalue weighted by atomic mass is 16.2. The zero-order valence-corrected chi connectivity index (χ0v) is 18.0. The molecule has 1 unspecified atom stereocenters. The molecule has 31 heavy (non-hydrogen) atoms. The maximum Gasteiger partial charge on any atom is 0.246 e.